The zero-order chi connectivity index (χ0) is 14.3. The molecular formula is C15H28N2O2. The molecule has 110 valence electrons. The van der Waals surface area contributed by atoms with E-state index < -0.39 is 6.09 Å². The third-order valence-electron chi connectivity index (χ3n) is 4.02. The molecule has 1 fully saturated rings. The summed E-state index contributed by atoms with van der Waals surface area (Å²) in [6.07, 6.45) is 9.17. The van der Waals surface area contributed by atoms with Crippen LogP contribution in [0.3, 0.4) is 0 Å². The molecule has 19 heavy (non-hydrogen) atoms. The molecule has 0 aliphatic heterocycles. The van der Waals surface area contributed by atoms with E-state index in [2.05, 4.69) is 31.0 Å². The Labute approximate surface area is 117 Å². The first-order chi connectivity index (χ1) is 9.04. The minimum atomic E-state index is -0.805. The van der Waals surface area contributed by atoms with Gasteiger partial charge in [0.1, 0.15) is 0 Å². The number of amides is 1. The van der Waals surface area contributed by atoms with Gasteiger partial charge in [0.15, 0.2) is 0 Å². The monoisotopic (exact) mass is 268 g/mol. The highest BCUT2D eigenvalue weighted by Crippen LogP contribution is 2.27. The molecule has 1 amide bonds. The maximum absolute atomic E-state index is 10.9. The molecule has 0 bridgehead atoms. The molecule has 0 aromatic carbocycles. The van der Waals surface area contributed by atoms with Crippen LogP contribution in [0.25, 0.3) is 0 Å². The summed E-state index contributed by atoms with van der Waals surface area (Å²) in [4.78, 5) is 14.7. The molecule has 0 saturated heterocycles. The SMILES string of the molecule is CCCN(C)CC=CC1CCC(N(C)C(=O)O)CC1. The zero-order valence-corrected chi connectivity index (χ0v) is 12.5. The smallest absolute Gasteiger partial charge is 0.407 e. The summed E-state index contributed by atoms with van der Waals surface area (Å²) in [6.45, 7) is 4.35. The molecule has 1 aliphatic carbocycles. The Bertz CT molecular complexity index is 297. The van der Waals surface area contributed by atoms with Gasteiger partial charge in [0.05, 0.1) is 0 Å². The van der Waals surface area contributed by atoms with Gasteiger partial charge in [0.2, 0.25) is 0 Å². The standard InChI is InChI=1S/C15H28N2O2/c1-4-11-16(2)12-5-6-13-7-9-14(10-8-13)17(3)15(18)19/h5-6,13-14H,4,7-12H2,1-3H3,(H,18,19). The van der Waals surface area contributed by atoms with Gasteiger partial charge in [0, 0.05) is 19.6 Å². The number of rotatable bonds is 6. The number of hydrogen-bond donors (Lipinski definition) is 1. The van der Waals surface area contributed by atoms with E-state index in [-0.39, 0.29) is 6.04 Å². The van der Waals surface area contributed by atoms with Crippen molar-refractivity contribution >= 4 is 6.09 Å². The van der Waals surface area contributed by atoms with E-state index in [4.69, 9.17) is 5.11 Å². The molecule has 0 heterocycles. The molecule has 0 radical (unpaired) electrons. The highest BCUT2D eigenvalue weighted by atomic mass is 16.4. The van der Waals surface area contributed by atoms with Gasteiger partial charge in [-0.15, -0.1) is 0 Å². The topological polar surface area (TPSA) is 43.8 Å². The number of nitrogens with zero attached hydrogens (tertiary/aromatic N) is 2. The number of likely N-dealkylation sites (N-methyl/N-ethyl adjacent to an activating group) is 1. The molecule has 0 spiro atoms. The summed E-state index contributed by atoms with van der Waals surface area (Å²) in [5, 5.41) is 8.96. The summed E-state index contributed by atoms with van der Waals surface area (Å²) >= 11 is 0. The zero-order valence-electron chi connectivity index (χ0n) is 12.5. The number of allylic oxidation sites excluding steroid dienone is 1. The maximum atomic E-state index is 10.9. The normalized spacial score (nSPS) is 24.0. The van der Waals surface area contributed by atoms with E-state index in [0.717, 1.165) is 38.8 Å². The molecule has 0 aromatic heterocycles. The van der Waals surface area contributed by atoms with Crippen LogP contribution in [-0.2, 0) is 0 Å². The Kier molecular flexibility index (Phi) is 6.92. The van der Waals surface area contributed by atoms with Crippen LogP contribution >= 0.6 is 0 Å². The summed E-state index contributed by atoms with van der Waals surface area (Å²) in [6, 6.07) is 0.213. The Hall–Kier alpha value is -1.03. The average molecular weight is 268 g/mol. The number of carbonyl (C=O) groups is 1. The van der Waals surface area contributed by atoms with E-state index in [1.54, 1.807) is 7.05 Å². The van der Waals surface area contributed by atoms with Crippen LogP contribution < -0.4 is 0 Å². The molecule has 4 heteroatoms. The molecule has 1 N–H and O–H groups in total. The van der Waals surface area contributed by atoms with Crippen LogP contribution in [0.4, 0.5) is 4.79 Å². The van der Waals surface area contributed by atoms with Crippen molar-refractivity contribution in [1.82, 2.24) is 9.80 Å². The second kappa shape index (κ2) is 8.20. The summed E-state index contributed by atoms with van der Waals surface area (Å²) < 4.78 is 0. The van der Waals surface area contributed by atoms with Gasteiger partial charge in [-0.1, -0.05) is 19.1 Å². The molecule has 1 saturated carbocycles. The van der Waals surface area contributed by atoms with Crippen molar-refractivity contribution in [1.29, 1.82) is 0 Å². The Morgan fingerprint density at radius 3 is 2.42 bits per heavy atom. The molecule has 0 aromatic rings. The molecule has 0 atom stereocenters. The van der Waals surface area contributed by atoms with Crippen molar-refractivity contribution in [2.45, 2.75) is 45.1 Å². The third-order valence-corrected chi connectivity index (χ3v) is 4.02. The first-order valence-electron chi connectivity index (χ1n) is 7.35. The van der Waals surface area contributed by atoms with E-state index >= 15 is 0 Å². The van der Waals surface area contributed by atoms with Crippen LogP contribution in [0, 0.1) is 5.92 Å². The largest absolute Gasteiger partial charge is 0.465 e. The average Bonchev–Trinajstić information content (AvgIpc) is 2.39. The van der Waals surface area contributed by atoms with E-state index in [0.29, 0.717) is 5.92 Å². The first-order valence-corrected chi connectivity index (χ1v) is 7.35. The van der Waals surface area contributed by atoms with E-state index in [1.807, 2.05) is 0 Å². The van der Waals surface area contributed by atoms with Crippen LogP contribution in [0.2, 0.25) is 0 Å². The maximum Gasteiger partial charge on any atom is 0.407 e. The van der Waals surface area contributed by atoms with E-state index in [1.165, 1.54) is 11.3 Å². The van der Waals surface area contributed by atoms with Gasteiger partial charge in [-0.2, -0.15) is 0 Å². The number of carboxylic acid groups (broad SMARTS) is 1. The van der Waals surface area contributed by atoms with Crippen molar-refractivity contribution in [3.63, 3.8) is 0 Å². The Morgan fingerprint density at radius 1 is 1.26 bits per heavy atom. The van der Waals surface area contributed by atoms with Crippen LogP contribution in [-0.4, -0.2) is 54.2 Å². The van der Waals surface area contributed by atoms with Crippen molar-refractivity contribution in [2.24, 2.45) is 5.92 Å². The third kappa shape index (κ3) is 5.64. The van der Waals surface area contributed by atoms with Crippen LogP contribution in [0.1, 0.15) is 39.0 Å². The quantitative estimate of drug-likeness (QED) is 0.753. The Balaban J connectivity index is 2.26. The number of hydrogen-bond acceptors (Lipinski definition) is 2. The van der Waals surface area contributed by atoms with Crippen LogP contribution in [0.15, 0.2) is 12.2 Å². The van der Waals surface area contributed by atoms with Gasteiger partial charge in [-0.3, -0.25) is 0 Å². The summed E-state index contributed by atoms with van der Waals surface area (Å²) in [5.74, 6) is 0.633. The lowest BCUT2D eigenvalue weighted by atomic mass is 9.85. The second-order valence-electron chi connectivity index (χ2n) is 5.65. The second-order valence-corrected chi connectivity index (χ2v) is 5.65. The van der Waals surface area contributed by atoms with Crippen molar-refractivity contribution in [3.8, 4) is 0 Å². The fourth-order valence-corrected chi connectivity index (χ4v) is 2.74. The van der Waals surface area contributed by atoms with Crippen molar-refractivity contribution in [2.75, 3.05) is 27.2 Å². The highest BCUT2D eigenvalue weighted by molar-refractivity contribution is 5.64. The minimum absolute atomic E-state index is 0.213. The predicted molar refractivity (Wildman–Crippen MR) is 78.5 cm³/mol. The van der Waals surface area contributed by atoms with E-state index in [9.17, 15) is 4.79 Å². The highest BCUT2D eigenvalue weighted by Gasteiger charge is 2.24. The summed E-state index contributed by atoms with van der Waals surface area (Å²) in [5.41, 5.74) is 0. The summed E-state index contributed by atoms with van der Waals surface area (Å²) in [7, 11) is 3.83. The van der Waals surface area contributed by atoms with Gasteiger partial charge >= 0.3 is 6.09 Å². The molecular weight excluding hydrogens is 240 g/mol. The fourth-order valence-electron chi connectivity index (χ4n) is 2.74. The lowest BCUT2D eigenvalue weighted by molar-refractivity contribution is 0.122. The lowest BCUT2D eigenvalue weighted by Crippen LogP contribution is -2.38. The fraction of sp³-hybridized carbons (Fsp3) is 0.800. The molecule has 4 nitrogen and oxygen atoms in total. The van der Waals surface area contributed by atoms with Gasteiger partial charge < -0.3 is 14.9 Å². The van der Waals surface area contributed by atoms with Gasteiger partial charge in [-0.25, -0.2) is 4.79 Å². The first kappa shape index (κ1) is 16.0. The molecule has 1 aliphatic rings. The van der Waals surface area contributed by atoms with Crippen molar-refractivity contribution in [3.05, 3.63) is 12.2 Å². The van der Waals surface area contributed by atoms with Crippen molar-refractivity contribution < 1.29 is 9.90 Å². The van der Waals surface area contributed by atoms with Crippen LogP contribution in [0.5, 0.6) is 0 Å². The predicted octanol–water partition coefficient (Wildman–Crippen LogP) is 3.05. The molecule has 0 unspecified atom stereocenters. The Morgan fingerprint density at radius 2 is 1.89 bits per heavy atom. The van der Waals surface area contributed by atoms with Gasteiger partial charge in [0.25, 0.3) is 0 Å². The lowest BCUT2D eigenvalue weighted by Gasteiger charge is -2.32. The van der Waals surface area contributed by atoms with Gasteiger partial charge in [-0.05, 0) is 51.6 Å². The molecule has 1 rings (SSSR count). The minimum Gasteiger partial charge on any atom is -0.465 e.